The molecule has 4 fully saturated rings. The van der Waals surface area contributed by atoms with Crippen molar-refractivity contribution in [1.82, 2.24) is 53.6 Å². The number of phosphoric acid groups is 4. The molecule has 4 saturated heterocycles. The van der Waals surface area contributed by atoms with Gasteiger partial charge in [0.1, 0.15) is 66.3 Å². The largest absolute Gasteiger partial charge is 0.490 e. The van der Waals surface area contributed by atoms with Crippen LogP contribution in [0.25, 0.3) is 33.5 Å². The molecule has 4 aliphatic heterocycles. The summed E-state index contributed by atoms with van der Waals surface area (Å²) in [6.45, 7) is -4.08. The molecular formula is C32H42N15O24P4+. The molecule has 6 aromatic rings. The Hall–Kier alpha value is -5.15. The first-order chi connectivity index (χ1) is 35.2. The van der Waals surface area contributed by atoms with Crippen LogP contribution >= 0.6 is 31.3 Å². The predicted octanol–water partition coefficient (Wildman–Crippen LogP) is -4.96. The Bertz CT molecular complexity index is 3540. The number of rotatable bonds is 18. The monoisotopic (exact) mass is 1140 g/mol. The molecule has 0 aliphatic carbocycles. The van der Waals surface area contributed by atoms with Crippen molar-refractivity contribution in [1.29, 1.82) is 0 Å². The Morgan fingerprint density at radius 1 is 0.747 bits per heavy atom. The Morgan fingerprint density at radius 2 is 1.36 bits per heavy atom. The molecular weight excluding hydrogens is 1100 g/mol. The fourth-order valence-corrected chi connectivity index (χ4v) is 13.3. The SMILES string of the molecule is Cn1c[n+]([C@@H]2O[C@H](COP(=O)(O)OP(=O)(O)OP(=O)(O)OC[C@@]34CO[C@@H](C3OP(=O)(O)OC[C@H]3O[C@@H](n5cnc6c(=O)[nH]c(N)nc65)[C@@H](O)C3O)[C@H](n3cnc5c(N)ncnc53)O4)[C@H](O)C2O)c2nc(N)[nH]c(=O)c21. The highest BCUT2D eigenvalue weighted by molar-refractivity contribution is 7.66. The van der Waals surface area contributed by atoms with Gasteiger partial charge >= 0.3 is 36.9 Å². The zero-order valence-corrected chi connectivity index (χ0v) is 41.2. The molecule has 16 atom stereocenters. The van der Waals surface area contributed by atoms with Crippen LogP contribution in [0.5, 0.6) is 0 Å². The summed E-state index contributed by atoms with van der Waals surface area (Å²) in [5.74, 6) is -0.703. The minimum absolute atomic E-state index is 0.0230. The molecule has 10 heterocycles. The number of aromatic nitrogens is 12. The van der Waals surface area contributed by atoms with Crippen molar-refractivity contribution in [2.24, 2.45) is 7.05 Å². The van der Waals surface area contributed by atoms with Crippen molar-refractivity contribution in [2.75, 3.05) is 43.6 Å². The predicted molar refractivity (Wildman–Crippen MR) is 237 cm³/mol. The topological polar surface area (TPSA) is 562 Å². The van der Waals surface area contributed by atoms with E-state index in [1.54, 1.807) is 0 Å². The van der Waals surface area contributed by atoms with Crippen molar-refractivity contribution in [3.05, 3.63) is 46.0 Å². The molecule has 4 aliphatic rings. The van der Waals surface area contributed by atoms with Crippen LogP contribution < -0.4 is 32.9 Å². The Kier molecular flexibility index (Phi) is 13.6. The first-order valence-corrected chi connectivity index (χ1v) is 27.2. The summed E-state index contributed by atoms with van der Waals surface area (Å²) in [5.41, 5.74) is 13.2. The van der Waals surface area contributed by atoms with E-state index < -0.39 is 142 Å². The molecule has 0 amide bonds. The number of aromatic amines is 2. The molecule has 10 rings (SSSR count). The lowest BCUT2D eigenvalue weighted by Crippen LogP contribution is -2.46. The standard InChI is InChI=1S/C32H41N15O24P4/c1-44-9-47(24-14(44)26(53)43-31(35)41-24)28-18(51)16(49)11(67-28)3-64-73(56,57)70-75(60,61)71-74(58,59)65-5-32-4-62-19(29(68-32)45-7-38-12-21(33)36-6-37-22(12)45)20(32)69-72(54,55)63-2-10-15(48)17(50)27(66-10)46-8-39-13-23(46)40-30(34)42-25(13)52/h6-11,15-20,27-29,48-51H,2-5H2,1H3,(H11-,33,34,35,36,37,40,41,42,43,52,53,54,55,56,57,58,59,60,61)/p+1/t10-,11-,15?,16+,17+,18?,19+,20?,27-,28-,29-,32+/m1/s1. The Balaban J connectivity index is 0.809. The first kappa shape index (κ1) is 53.3. The van der Waals surface area contributed by atoms with Crippen LogP contribution in [0.2, 0.25) is 0 Å². The Labute approximate surface area is 413 Å². The third-order valence-corrected chi connectivity index (χ3v) is 17.2. The van der Waals surface area contributed by atoms with Gasteiger partial charge in [0, 0.05) is 0 Å². The van der Waals surface area contributed by atoms with E-state index in [9.17, 15) is 67.8 Å². The number of H-pyrrole nitrogens is 2. The lowest BCUT2D eigenvalue weighted by Gasteiger charge is -2.32. The van der Waals surface area contributed by atoms with Crippen molar-refractivity contribution >= 4 is 82.5 Å². The van der Waals surface area contributed by atoms with E-state index in [1.807, 2.05) is 0 Å². The number of aryl methyl sites for hydroxylation is 1. The number of nitrogens with zero attached hydrogens (tertiary/aromatic N) is 10. The normalized spacial score (nSPS) is 32.0. The van der Waals surface area contributed by atoms with Gasteiger partial charge in [-0.1, -0.05) is 4.98 Å². The van der Waals surface area contributed by atoms with E-state index in [2.05, 4.69) is 48.5 Å². The van der Waals surface area contributed by atoms with E-state index in [4.69, 9.17) is 54.2 Å². The van der Waals surface area contributed by atoms with Crippen molar-refractivity contribution in [3.8, 4) is 0 Å². The molecule has 408 valence electrons. The third kappa shape index (κ3) is 9.95. The molecule has 0 radical (unpaired) electrons. The summed E-state index contributed by atoms with van der Waals surface area (Å²) in [7, 11) is -22.0. The molecule has 43 heteroatoms. The average molecular weight is 1140 g/mol. The smallest absolute Gasteiger partial charge is 0.387 e. The molecule has 39 nitrogen and oxygen atoms in total. The van der Waals surface area contributed by atoms with Gasteiger partial charge in [-0.2, -0.15) is 13.6 Å². The van der Waals surface area contributed by atoms with Crippen LogP contribution in [-0.2, 0) is 71.0 Å². The number of anilines is 3. The van der Waals surface area contributed by atoms with E-state index >= 15 is 0 Å². The summed E-state index contributed by atoms with van der Waals surface area (Å²) in [4.78, 5) is 95.9. The number of hydrogen-bond donors (Lipinski definition) is 13. The molecule has 6 aromatic heterocycles. The quantitative estimate of drug-likeness (QED) is 0.0283. The van der Waals surface area contributed by atoms with E-state index in [0.29, 0.717) is 0 Å². The third-order valence-electron chi connectivity index (χ3n) is 12.0. The van der Waals surface area contributed by atoms with Gasteiger partial charge in [-0.05, 0) is 0 Å². The Morgan fingerprint density at radius 3 is 2.08 bits per heavy atom. The molecule has 2 bridgehead atoms. The van der Waals surface area contributed by atoms with Gasteiger partial charge in [0.15, 0.2) is 41.4 Å². The summed E-state index contributed by atoms with van der Waals surface area (Å²) in [5, 5.41) is 43.2. The molecule has 0 saturated carbocycles. The number of imidazole rings is 3. The number of hydrogen-bond acceptors (Lipinski definition) is 29. The number of nitrogens with one attached hydrogen (secondary N) is 2. The maximum atomic E-state index is 13.7. The molecule has 0 spiro atoms. The van der Waals surface area contributed by atoms with E-state index in [0.717, 1.165) is 28.1 Å². The highest BCUT2D eigenvalue weighted by Crippen LogP contribution is 2.68. The van der Waals surface area contributed by atoms with Gasteiger partial charge in [0.05, 0.1) is 46.1 Å². The van der Waals surface area contributed by atoms with E-state index in [-0.39, 0.29) is 51.2 Å². The lowest BCUT2D eigenvalue weighted by molar-refractivity contribution is -0.745. The summed E-state index contributed by atoms with van der Waals surface area (Å²) in [6.07, 6.45) is -13.8. The number of fused-ring (bicyclic) bond motifs is 5. The average Bonchev–Trinajstić information content (AvgIpc) is 4.23. The molecule has 16 N–H and O–H groups in total. The number of nitrogen functional groups attached to an aromatic ring is 3. The minimum atomic E-state index is -6.21. The minimum Gasteiger partial charge on any atom is -0.387 e. The van der Waals surface area contributed by atoms with Crippen molar-refractivity contribution in [3.63, 3.8) is 0 Å². The first-order valence-electron chi connectivity index (χ1n) is 21.3. The lowest BCUT2D eigenvalue weighted by atomic mass is 10.0. The number of nitrogens with two attached hydrogens (primary N) is 3. The zero-order chi connectivity index (χ0) is 53.9. The highest BCUT2D eigenvalue weighted by Gasteiger charge is 2.66. The number of aliphatic hydroxyl groups excluding tert-OH is 4. The fourth-order valence-electron chi connectivity index (χ4n) is 8.73. The maximum absolute atomic E-state index is 13.7. The second-order valence-electron chi connectivity index (χ2n) is 17.0. The van der Waals surface area contributed by atoms with Crippen LogP contribution in [0.3, 0.4) is 0 Å². The number of phosphoric ester groups is 3. The van der Waals surface area contributed by atoms with Crippen LogP contribution in [0.1, 0.15) is 18.7 Å². The van der Waals surface area contributed by atoms with Gasteiger partial charge in [0.25, 0.3) is 17.1 Å². The van der Waals surface area contributed by atoms with Crippen molar-refractivity contribution in [2.45, 2.75) is 73.1 Å². The van der Waals surface area contributed by atoms with Crippen LogP contribution in [0.15, 0.2) is 34.9 Å². The summed E-state index contributed by atoms with van der Waals surface area (Å²) in [6, 6.07) is 0. The van der Waals surface area contributed by atoms with Gasteiger partial charge < -0.3 is 76.1 Å². The second-order valence-corrected chi connectivity index (χ2v) is 23.0. The molecule has 7 unspecified atom stereocenters. The van der Waals surface area contributed by atoms with Crippen LogP contribution in [0, 0.1) is 0 Å². The second kappa shape index (κ2) is 19.1. The number of ether oxygens (including phenoxy) is 4. The van der Waals surface area contributed by atoms with E-state index in [1.165, 1.54) is 22.5 Å². The summed E-state index contributed by atoms with van der Waals surface area (Å²) < 4.78 is 110. The number of aliphatic hydroxyl groups is 4. The maximum Gasteiger partial charge on any atom is 0.490 e. The van der Waals surface area contributed by atoms with Crippen LogP contribution in [0.4, 0.5) is 17.7 Å². The fraction of sp³-hybridized carbons (Fsp3) is 0.531. The zero-order valence-electron chi connectivity index (χ0n) is 37.6. The van der Waals surface area contributed by atoms with Gasteiger partial charge in [-0.25, -0.2) is 42.8 Å². The van der Waals surface area contributed by atoms with Gasteiger partial charge in [-0.15, -0.1) is 0 Å². The molecule has 0 aromatic carbocycles. The highest BCUT2D eigenvalue weighted by atomic mass is 31.3. The molecule has 75 heavy (non-hydrogen) atoms. The summed E-state index contributed by atoms with van der Waals surface area (Å²) >= 11 is 0. The van der Waals surface area contributed by atoms with Gasteiger partial charge in [0.2, 0.25) is 17.7 Å². The van der Waals surface area contributed by atoms with Crippen LogP contribution in [-0.4, -0.2) is 174 Å². The van der Waals surface area contributed by atoms with Gasteiger partial charge in [-0.3, -0.25) is 51.4 Å². The van der Waals surface area contributed by atoms with Crippen molar-refractivity contribution < 1.29 is 108 Å².